The van der Waals surface area contributed by atoms with Gasteiger partial charge >= 0.3 is 5.97 Å². The fourth-order valence-corrected chi connectivity index (χ4v) is 2.55. The van der Waals surface area contributed by atoms with E-state index in [0.29, 0.717) is 18.9 Å². The molecule has 1 aromatic rings. The summed E-state index contributed by atoms with van der Waals surface area (Å²) >= 11 is 0. The molecule has 1 aromatic carbocycles. The zero-order chi connectivity index (χ0) is 11.2. The van der Waals surface area contributed by atoms with Gasteiger partial charge in [0.25, 0.3) is 0 Å². The molecule has 0 atom stereocenters. The average Bonchev–Trinajstić information content (AvgIpc) is 2.97. The van der Waals surface area contributed by atoms with Crippen LogP contribution < -0.4 is 5.32 Å². The number of carbonyl (C=O) groups is 1. The van der Waals surface area contributed by atoms with Crippen LogP contribution in [-0.4, -0.2) is 22.7 Å². The molecule has 0 unspecified atom stereocenters. The summed E-state index contributed by atoms with van der Waals surface area (Å²) in [6.45, 7) is 0. The van der Waals surface area contributed by atoms with E-state index in [1.807, 2.05) is 24.3 Å². The number of hydrogen-bond donors (Lipinski definition) is 2. The summed E-state index contributed by atoms with van der Waals surface area (Å²) in [5.41, 5.74) is 1.61. The Hall–Kier alpha value is -1.35. The third-order valence-corrected chi connectivity index (χ3v) is 3.57. The van der Waals surface area contributed by atoms with Crippen LogP contribution in [0, 0.1) is 0 Å². The molecule has 0 amide bonds. The van der Waals surface area contributed by atoms with E-state index in [4.69, 9.17) is 0 Å². The van der Waals surface area contributed by atoms with E-state index >= 15 is 0 Å². The summed E-state index contributed by atoms with van der Waals surface area (Å²) in [5, 5.41) is 12.8. The molecular weight excluding hydrogens is 202 g/mol. The van der Waals surface area contributed by atoms with Gasteiger partial charge in [0.2, 0.25) is 0 Å². The van der Waals surface area contributed by atoms with Crippen LogP contribution in [-0.2, 0) is 17.6 Å². The molecule has 0 heterocycles. The second kappa shape index (κ2) is 3.32. The normalized spacial score (nSPS) is 21.8. The Kier molecular flexibility index (Phi) is 2.04. The fourth-order valence-electron chi connectivity index (χ4n) is 2.55. The highest BCUT2D eigenvalue weighted by atomic mass is 16.4. The van der Waals surface area contributed by atoms with Crippen LogP contribution in [0.5, 0.6) is 0 Å². The van der Waals surface area contributed by atoms with Crippen molar-refractivity contribution in [3.63, 3.8) is 0 Å². The molecule has 0 spiro atoms. The van der Waals surface area contributed by atoms with E-state index in [9.17, 15) is 9.90 Å². The molecule has 3 nitrogen and oxygen atoms in total. The van der Waals surface area contributed by atoms with Crippen LogP contribution >= 0.6 is 0 Å². The van der Waals surface area contributed by atoms with Gasteiger partial charge in [0.05, 0.1) is 0 Å². The molecule has 1 fully saturated rings. The van der Waals surface area contributed by atoms with E-state index < -0.39 is 11.5 Å². The molecule has 0 aliphatic heterocycles. The number of carboxylic acids is 1. The van der Waals surface area contributed by atoms with Crippen molar-refractivity contribution in [2.75, 3.05) is 0 Å². The Morgan fingerprint density at radius 2 is 1.81 bits per heavy atom. The van der Waals surface area contributed by atoms with Crippen molar-refractivity contribution in [2.45, 2.75) is 37.3 Å². The van der Waals surface area contributed by atoms with E-state index in [-0.39, 0.29) is 0 Å². The highest BCUT2D eigenvalue weighted by molar-refractivity contribution is 5.81. The number of benzene rings is 1. The Bertz CT molecular complexity index is 412. The topological polar surface area (TPSA) is 49.3 Å². The zero-order valence-corrected chi connectivity index (χ0v) is 9.07. The van der Waals surface area contributed by atoms with Crippen LogP contribution in [0.3, 0.4) is 0 Å². The molecule has 3 rings (SSSR count). The lowest BCUT2D eigenvalue weighted by Gasteiger charge is -2.25. The zero-order valence-electron chi connectivity index (χ0n) is 9.07. The number of nitrogens with one attached hydrogen (secondary N) is 1. The second-order valence-electron chi connectivity index (χ2n) is 4.93. The minimum Gasteiger partial charge on any atom is -0.480 e. The van der Waals surface area contributed by atoms with Gasteiger partial charge in [-0.25, -0.2) is 0 Å². The average molecular weight is 217 g/mol. The Balaban J connectivity index is 1.91. The molecule has 2 N–H and O–H groups in total. The van der Waals surface area contributed by atoms with Gasteiger partial charge in [-0.05, 0) is 24.0 Å². The monoisotopic (exact) mass is 217 g/mol. The van der Waals surface area contributed by atoms with Crippen LogP contribution in [0.4, 0.5) is 0 Å². The SMILES string of the molecule is O=C(O)C1(NC2CC2)Cc2ccccc2C1. The highest BCUT2D eigenvalue weighted by Crippen LogP contribution is 2.33. The summed E-state index contributed by atoms with van der Waals surface area (Å²) in [4.78, 5) is 11.5. The van der Waals surface area contributed by atoms with Gasteiger partial charge in [0, 0.05) is 18.9 Å². The first-order chi connectivity index (χ1) is 7.70. The first-order valence-electron chi connectivity index (χ1n) is 5.77. The van der Waals surface area contributed by atoms with Crippen molar-refractivity contribution < 1.29 is 9.90 Å². The lowest BCUT2D eigenvalue weighted by Crippen LogP contribution is -2.54. The van der Waals surface area contributed by atoms with Crippen molar-refractivity contribution in [3.05, 3.63) is 35.4 Å². The van der Waals surface area contributed by atoms with Gasteiger partial charge < -0.3 is 5.11 Å². The largest absolute Gasteiger partial charge is 0.480 e. The Labute approximate surface area is 94.5 Å². The van der Waals surface area contributed by atoms with E-state index in [2.05, 4.69) is 5.32 Å². The predicted molar refractivity (Wildman–Crippen MR) is 60.4 cm³/mol. The molecule has 2 aliphatic carbocycles. The summed E-state index contributed by atoms with van der Waals surface area (Å²) < 4.78 is 0. The van der Waals surface area contributed by atoms with E-state index in [0.717, 1.165) is 12.8 Å². The Morgan fingerprint density at radius 3 is 2.25 bits per heavy atom. The number of carboxylic acid groups (broad SMARTS) is 1. The standard InChI is InChI=1S/C13H15NO2/c15-12(16)13(14-11-5-6-11)7-9-3-1-2-4-10(9)8-13/h1-4,11,14H,5-8H2,(H,15,16). The van der Waals surface area contributed by atoms with Crippen molar-refractivity contribution in [1.82, 2.24) is 5.32 Å². The third-order valence-electron chi connectivity index (χ3n) is 3.57. The molecule has 16 heavy (non-hydrogen) atoms. The maximum Gasteiger partial charge on any atom is 0.324 e. The molecule has 2 aliphatic rings. The summed E-state index contributed by atoms with van der Waals surface area (Å²) in [5.74, 6) is -0.712. The number of hydrogen-bond acceptors (Lipinski definition) is 2. The number of rotatable bonds is 3. The van der Waals surface area contributed by atoms with Crippen molar-refractivity contribution in [3.8, 4) is 0 Å². The van der Waals surface area contributed by atoms with Gasteiger partial charge in [-0.15, -0.1) is 0 Å². The smallest absolute Gasteiger partial charge is 0.324 e. The van der Waals surface area contributed by atoms with Gasteiger partial charge in [-0.2, -0.15) is 0 Å². The Morgan fingerprint density at radius 1 is 1.25 bits per heavy atom. The molecule has 0 aromatic heterocycles. The van der Waals surface area contributed by atoms with Crippen molar-refractivity contribution in [2.24, 2.45) is 0 Å². The van der Waals surface area contributed by atoms with Gasteiger partial charge in [0.15, 0.2) is 0 Å². The first kappa shape index (κ1) is 9.85. The minimum atomic E-state index is -0.745. The minimum absolute atomic E-state index is 0.422. The van der Waals surface area contributed by atoms with E-state index in [1.54, 1.807) is 0 Å². The molecule has 1 saturated carbocycles. The number of aliphatic carboxylic acids is 1. The molecule has 0 saturated heterocycles. The van der Waals surface area contributed by atoms with E-state index in [1.165, 1.54) is 11.1 Å². The summed E-state index contributed by atoms with van der Waals surface area (Å²) in [6.07, 6.45) is 3.47. The molecular formula is C13H15NO2. The summed E-state index contributed by atoms with van der Waals surface area (Å²) in [6, 6.07) is 8.45. The maximum absolute atomic E-state index is 11.5. The van der Waals surface area contributed by atoms with Gasteiger partial charge in [0.1, 0.15) is 5.54 Å². The lowest BCUT2D eigenvalue weighted by molar-refractivity contribution is -0.144. The fraction of sp³-hybridized carbons (Fsp3) is 0.462. The molecule has 3 heteroatoms. The van der Waals surface area contributed by atoms with Crippen LogP contribution in [0.2, 0.25) is 0 Å². The van der Waals surface area contributed by atoms with Crippen LogP contribution in [0.15, 0.2) is 24.3 Å². The van der Waals surface area contributed by atoms with Gasteiger partial charge in [-0.1, -0.05) is 24.3 Å². The highest BCUT2D eigenvalue weighted by Gasteiger charge is 2.46. The van der Waals surface area contributed by atoms with Crippen LogP contribution in [0.25, 0.3) is 0 Å². The second-order valence-corrected chi connectivity index (χ2v) is 4.93. The quantitative estimate of drug-likeness (QED) is 0.803. The third kappa shape index (κ3) is 1.52. The van der Waals surface area contributed by atoms with Crippen molar-refractivity contribution in [1.29, 1.82) is 0 Å². The molecule has 0 radical (unpaired) electrons. The van der Waals surface area contributed by atoms with Crippen LogP contribution in [0.1, 0.15) is 24.0 Å². The number of fused-ring (bicyclic) bond motifs is 1. The predicted octanol–water partition coefficient (Wildman–Crippen LogP) is 1.36. The van der Waals surface area contributed by atoms with Gasteiger partial charge in [-0.3, -0.25) is 10.1 Å². The molecule has 84 valence electrons. The van der Waals surface area contributed by atoms with Crippen molar-refractivity contribution >= 4 is 5.97 Å². The maximum atomic E-state index is 11.5. The first-order valence-corrected chi connectivity index (χ1v) is 5.77. The molecule has 0 bridgehead atoms. The summed E-state index contributed by atoms with van der Waals surface area (Å²) in [7, 11) is 0. The lowest BCUT2D eigenvalue weighted by atomic mass is 9.95.